The molecule has 1 aliphatic rings. The number of hydrogen-bond acceptors (Lipinski definition) is 6. The van der Waals surface area contributed by atoms with Crippen molar-refractivity contribution >= 4 is 23.2 Å². The predicted molar refractivity (Wildman–Crippen MR) is 88.1 cm³/mol. The zero-order valence-corrected chi connectivity index (χ0v) is 14.4. The van der Waals surface area contributed by atoms with Crippen molar-refractivity contribution in [1.82, 2.24) is 29.4 Å². The number of alkyl halides is 3. The fourth-order valence-electron chi connectivity index (χ4n) is 3.01. The van der Waals surface area contributed by atoms with Crippen LogP contribution in [-0.2, 0) is 18.0 Å². The molecule has 4 heterocycles. The number of anilines is 2. The van der Waals surface area contributed by atoms with Crippen LogP contribution in [0.25, 0.3) is 5.78 Å². The zero-order chi connectivity index (χ0) is 19.3. The van der Waals surface area contributed by atoms with Crippen molar-refractivity contribution in [2.45, 2.75) is 25.6 Å². The van der Waals surface area contributed by atoms with Gasteiger partial charge >= 0.3 is 6.18 Å². The highest BCUT2D eigenvalue weighted by Crippen LogP contribution is 2.28. The molecule has 9 nitrogen and oxygen atoms in total. The Bertz CT molecular complexity index is 1020. The largest absolute Gasteiger partial charge is 0.453 e. The van der Waals surface area contributed by atoms with E-state index in [1.165, 1.54) is 6.07 Å². The highest BCUT2D eigenvalue weighted by Gasteiger charge is 2.37. The van der Waals surface area contributed by atoms with Crippen molar-refractivity contribution in [1.29, 1.82) is 0 Å². The summed E-state index contributed by atoms with van der Waals surface area (Å²) in [5, 5.41) is 10.5. The van der Waals surface area contributed by atoms with Gasteiger partial charge < -0.3 is 10.2 Å². The molecule has 0 saturated carbocycles. The molecule has 4 rings (SSSR count). The number of fused-ring (bicyclic) bond motifs is 1. The molecule has 1 saturated heterocycles. The number of carbonyl (C=O) groups excluding carboxylic acids is 1. The van der Waals surface area contributed by atoms with Gasteiger partial charge in [-0.25, -0.2) is 4.98 Å². The number of aryl methyl sites for hydroxylation is 2. The summed E-state index contributed by atoms with van der Waals surface area (Å²) in [5.74, 6) is -1.42. The average Bonchev–Trinajstić information content (AvgIpc) is 3.26. The number of nitrogens with zero attached hydrogens (tertiary/aromatic N) is 7. The SMILES string of the molecule is Cc1cc(NC2CCN(c3cnn(C)c3)C2=O)n2nc(C(F)(F)F)nc2n1. The van der Waals surface area contributed by atoms with Gasteiger partial charge in [-0.1, -0.05) is 0 Å². The minimum Gasteiger partial charge on any atom is -0.358 e. The molecule has 142 valence electrons. The van der Waals surface area contributed by atoms with Gasteiger partial charge in [-0.3, -0.25) is 9.48 Å². The van der Waals surface area contributed by atoms with E-state index in [1.807, 2.05) is 0 Å². The fourth-order valence-corrected chi connectivity index (χ4v) is 3.01. The summed E-state index contributed by atoms with van der Waals surface area (Å²) in [7, 11) is 1.75. The molecule has 0 radical (unpaired) electrons. The Morgan fingerprint density at radius 1 is 1.30 bits per heavy atom. The third kappa shape index (κ3) is 3.06. The second-order valence-corrected chi connectivity index (χ2v) is 6.28. The molecule has 1 unspecified atom stereocenters. The molecule has 1 fully saturated rings. The number of hydrogen-bond donors (Lipinski definition) is 1. The molecule has 3 aromatic rings. The molecule has 1 amide bonds. The van der Waals surface area contributed by atoms with Crippen LogP contribution in [0.15, 0.2) is 18.5 Å². The van der Waals surface area contributed by atoms with E-state index in [9.17, 15) is 18.0 Å². The maximum Gasteiger partial charge on any atom is 0.453 e. The van der Waals surface area contributed by atoms with Crippen LogP contribution in [0.5, 0.6) is 0 Å². The summed E-state index contributed by atoms with van der Waals surface area (Å²) >= 11 is 0. The normalized spacial score (nSPS) is 17.9. The first-order valence-electron chi connectivity index (χ1n) is 8.10. The van der Waals surface area contributed by atoms with Crippen LogP contribution in [0.3, 0.4) is 0 Å². The third-order valence-corrected chi connectivity index (χ3v) is 4.22. The van der Waals surface area contributed by atoms with Crippen LogP contribution >= 0.6 is 0 Å². The second kappa shape index (κ2) is 5.93. The lowest BCUT2D eigenvalue weighted by Gasteiger charge is -2.16. The van der Waals surface area contributed by atoms with Gasteiger partial charge in [0.05, 0.1) is 11.9 Å². The van der Waals surface area contributed by atoms with E-state index in [0.29, 0.717) is 24.3 Å². The monoisotopic (exact) mass is 380 g/mol. The van der Waals surface area contributed by atoms with Crippen LogP contribution in [0, 0.1) is 6.92 Å². The van der Waals surface area contributed by atoms with Crippen molar-refractivity contribution in [3.8, 4) is 0 Å². The second-order valence-electron chi connectivity index (χ2n) is 6.28. The van der Waals surface area contributed by atoms with Gasteiger partial charge in [0.1, 0.15) is 11.9 Å². The Morgan fingerprint density at radius 3 is 2.74 bits per heavy atom. The van der Waals surface area contributed by atoms with Crippen LogP contribution in [0.4, 0.5) is 24.7 Å². The highest BCUT2D eigenvalue weighted by atomic mass is 19.4. The molecule has 12 heteroatoms. The number of halogens is 3. The number of carbonyl (C=O) groups is 1. The molecule has 1 N–H and O–H groups in total. The Balaban J connectivity index is 1.63. The van der Waals surface area contributed by atoms with Gasteiger partial charge in [-0.15, -0.1) is 5.10 Å². The Labute approximate surface area is 150 Å². The Kier molecular flexibility index (Phi) is 3.78. The van der Waals surface area contributed by atoms with Gasteiger partial charge in [0, 0.05) is 31.5 Å². The van der Waals surface area contributed by atoms with E-state index in [1.54, 1.807) is 35.9 Å². The van der Waals surface area contributed by atoms with Gasteiger partial charge in [-0.2, -0.15) is 27.8 Å². The first-order chi connectivity index (χ1) is 12.7. The maximum atomic E-state index is 12.9. The van der Waals surface area contributed by atoms with Crippen LogP contribution < -0.4 is 10.2 Å². The third-order valence-electron chi connectivity index (χ3n) is 4.22. The molecule has 0 aromatic carbocycles. The van der Waals surface area contributed by atoms with Gasteiger partial charge in [0.15, 0.2) is 0 Å². The molecule has 0 spiro atoms. The lowest BCUT2D eigenvalue weighted by Crippen LogP contribution is -2.33. The number of nitrogens with one attached hydrogen (secondary N) is 1. The fraction of sp³-hybridized carbons (Fsp3) is 0.400. The molecular formula is C15H15F3N8O. The number of amides is 1. The van der Waals surface area contributed by atoms with Gasteiger partial charge in [0.25, 0.3) is 11.6 Å². The standard InChI is InChI=1S/C15H15F3N8O/c1-8-5-11(26-14(20-8)22-13(23-26)15(16,17)18)21-10-3-4-25(12(10)27)9-6-19-24(2)7-9/h5-7,10,21H,3-4H2,1-2H3. The Morgan fingerprint density at radius 2 is 2.07 bits per heavy atom. The zero-order valence-electron chi connectivity index (χ0n) is 14.4. The van der Waals surface area contributed by atoms with Gasteiger partial charge in [0.2, 0.25) is 5.91 Å². The molecule has 0 aliphatic carbocycles. The van der Waals surface area contributed by atoms with Gasteiger partial charge in [-0.05, 0) is 13.3 Å². The van der Waals surface area contributed by atoms with Crippen molar-refractivity contribution in [2.24, 2.45) is 7.05 Å². The summed E-state index contributed by atoms with van der Waals surface area (Å²) in [6, 6.07) is 0.927. The van der Waals surface area contributed by atoms with Crippen molar-refractivity contribution < 1.29 is 18.0 Å². The first kappa shape index (κ1) is 17.2. The molecule has 1 atom stereocenters. The minimum atomic E-state index is -4.68. The maximum absolute atomic E-state index is 12.9. The summed E-state index contributed by atoms with van der Waals surface area (Å²) in [6.45, 7) is 2.10. The topological polar surface area (TPSA) is 93.2 Å². The minimum absolute atomic E-state index is 0.181. The van der Waals surface area contributed by atoms with E-state index in [2.05, 4.69) is 25.5 Å². The van der Waals surface area contributed by atoms with Crippen LogP contribution in [-0.4, -0.2) is 47.9 Å². The summed E-state index contributed by atoms with van der Waals surface area (Å²) in [4.78, 5) is 21.7. The Hall–Kier alpha value is -3.18. The lowest BCUT2D eigenvalue weighted by molar-refractivity contribution is -0.144. The molecule has 27 heavy (non-hydrogen) atoms. The van der Waals surface area contributed by atoms with E-state index in [4.69, 9.17) is 0 Å². The first-order valence-corrected chi connectivity index (χ1v) is 8.10. The van der Waals surface area contributed by atoms with Crippen molar-refractivity contribution in [3.63, 3.8) is 0 Å². The van der Waals surface area contributed by atoms with Crippen molar-refractivity contribution in [2.75, 3.05) is 16.8 Å². The summed E-state index contributed by atoms with van der Waals surface area (Å²) < 4.78 is 41.3. The lowest BCUT2D eigenvalue weighted by atomic mass is 10.2. The average molecular weight is 380 g/mol. The van der Waals surface area contributed by atoms with Crippen molar-refractivity contribution in [3.05, 3.63) is 30.0 Å². The predicted octanol–water partition coefficient (Wildman–Crippen LogP) is 1.40. The highest BCUT2D eigenvalue weighted by molar-refractivity contribution is 6.00. The summed E-state index contributed by atoms with van der Waals surface area (Å²) in [5.41, 5.74) is 1.13. The van der Waals surface area contributed by atoms with E-state index in [0.717, 1.165) is 4.52 Å². The number of aromatic nitrogens is 6. The summed E-state index contributed by atoms with van der Waals surface area (Å²) in [6.07, 6.45) is -0.888. The molecular weight excluding hydrogens is 365 g/mol. The van der Waals surface area contributed by atoms with E-state index < -0.39 is 18.0 Å². The molecule has 0 bridgehead atoms. The van der Waals surface area contributed by atoms with Crippen LogP contribution in [0.1, 0.15) is 17.9 Å². The molecule has 3 aromatic heterocycles. The quantitative estimate of drug-likeness (QED) is 0.738. The van der Waals surface area contributed by atoms with Crippen LogP contribution in [0.2, 0.25) is 0 Å². The van der Waals surface area contributed by atoms with E-state index >= 15 is 0 Å². The number of rotatable bonds is 3. The van der Waals surface area contributed by atoms with E-state index in [-0.39, 0.29) is 17.5 Å². The smallest absolute Gasteiger partial charge is 0.358 e. The molecule has 1 aliphatic heterocycles.